The molecule has 0 fully saturated rings. The fourth-order valence-corrected chi connectivity index (χ4v) is 3.71. The molecular weight excluding hydrogens is 386 g/mol. The minimum absolute atomic E-state index is 0.0385. The third kappa shape index (κ3) is 5.69. The van der Waals surface area contributed by atoms with Crippen molar-refractivity contribution in [2.45, 2.75) is 51.4 Å². The normalized spacial score (nSPS) is 12.5. The smallest absolute Gasteiger partial charge is 0.230 e. The first-order chi connectivity index (χ1) is 13.9. The van der Waals surface area contributed by atoms with Crippen molar-refractivity contribution in [1.29, 1.82) is 0 Å². The van der Waals surface area contributed by atoms with Crippen molar-refractivity contribution in [3.05, 3.63) is 59.5 Å². The van der Waals surface area contributed by atoms with E-state index >= 15 is 0 Å². The molecule has 0 saturated heterocycles. The van der Waals surface area contributed by atoms with Crippen LogP contribution < -0.4 is 5.32 Å². The molecule has 29 heavy (non-hydrogen) atoms. The van der Waals surface area contributed by atoms with Gasteiger partial charge < -0.3 is 9.73 Å². The lowest BCUT2D eigenvalue weighted by atomic mass is 9.93. The molecule has 8 heteroatoms. The number of rotatable bonds is 9. The molecule has 2 heterocycles. The number of benzene rings is 1. The van der Waals surface area contributed by atoms with Gasteiger partial charge in [-0.05, 0) is 45.5 Å². The Bertz CT molecular complexity index is 904. The SMILES string of the molecule is CC(C)c1ccc(C(NC(=O)CSc2nnnn2Cc2ccco2)C(C)C)cc1. The maximum Gasteiger partial charge on any atom is 0.230 e. The van der Waals surface area contributed by atoms with Gasteiger partial charge in [-0.25, -0.2) is 4.68 Å². The Kier molecular flexibility index (Phi) is 7.09. The number of carbonyl (C=O) groups is 1. The summed E-state index contributed by atoms with van der Waals surface area (Å²) in [6, 6.07) is 12.1. The number of amides is 1. The summed E-state index contributed by atoms with van der Waals surface area (Å²) in [4.78, 5) is 12.6. The zero-order valence-electron chi connectivity index (χ0n) is 17.2. The van der Waals surface area contributed by atoms with Gasteiger partial charge in [0.2, 0.25) is 11.1 Å². The van der Waals surface area contributed by atoms with E-state index in [4.69, 9.17) is 4.42 Å². The van der Waals surface area contributed by atoms with Gasteiger partial charge in [-0.1, -0.05) is 63.7 Å². The molecular formula is C21H27N5O2S. The number of nitrogens with one attached hydrogen (secondary N) is 1. The highest BCUT2D eigenvalue weighted by Crippen LogP contribution is 2.24. The summed E-state index contributed by atoms with van der Waals surface area (Å²) < 4.78 is 6.96. The van der Waals surface area contributed by atoms with Crippen molar-refractivity contribution >= 4 is 17.7 Å². The minimum atomic E-state index is -0.0471. The molecule has 0 aliphatic carbocycles. The predicted octanol–water partition coefficient (Wildman–Crippen LogP) is 4.04. The Morgan fingerprint density at radius 1 is 1.14 bits per heavy atom. The molecule has 7 nitrogen and oxygen atoms in total. The van der Waals surface area contributed by atoms with Crippen molar-refractivity contribution < 1.29 is 9.21 Å². The Morgan fingerprint density at radius 2 is 1.86 bits per heavy atom. The molecule has 3 rings (SSSR count). The van der Waals surface area contributed by atoms with E-state index in [-0.39, 0.29) is 23.6 Å². The lowest BCUT2D eigenvalue weighted by Gasteiger charge is -2.23. The third-order valence-electron chi connectivity index (χ3n) is 4.66. The van der Waals surface area contributed by atoms with Crippen LogP contribution in [0.4, 0.5) is 0 Å². The molecule has 0 saturated carbocycles. The minimum Gasteiger partial charge on any atom is -0.467 e. The summed E-state index contributed by atoms with van der Waals surface area (Å²) in [5.74, 6) is 1.71. The first-order valence-electron chi connectivity index (χ1n) is 9.74. The van der Waals surface area contributed by atoms with E-state index in [1.807, 2.05) is 12.1 Å². The Morgan fingerprint density at radius 3 is 2.48 bits per heavy atom. The lowest BCUT2D eigenvalue weighted by Crippen LogP contribution is -2.33. The van der Waals surface area contributed by atoms with Crippen LogP contribution in [0, 0.1) is 5.92 Å². The molecule has 1 amide bonds. The van der Waals surface area contributed by atoms with Crippen molar-refractivity contribution in [3.63, 3.8) is 0 Å². The van der Waals surface area contributed by atoms with Gasteiger partial charge in [-0.3, -0.25) is 4.79 Å². The van der Waals surface area contributed by atoms with E-state index in [0.717, 1.165) is 11.3 Å². The average molecular weight is 414 g/mol. The predicted molar refractivity (Wildman–Crippen MR) is 113 cm³/mol. The maximum absolute atomic E-state index is 12.6. The Hall–Kier alpha value is -2.61. The van der Waals surface area contributed by atoms with E-state index in [1.165, 1.54) is 17.3 Å². The standard InChI is InChI=1S/C21H27N5O2S/c1-14(2)16-7-9-17(10-8-16)20(15(3)4)22-19(27)13-29-21-23-24-25-26(21)12-18-6-5-11-28-18/h5-11,14-15,20H,12-13H2,1-4H3,(H,22,27). The van der Waals surface area contributed by atoms with Gasteiger partial charge in [-0.15, -0.1) is 5.10 Å². The first-order valence-corrected chi connectivity index (χ1v) is 10.7. The molecule has 1 atom stereocenters. The fraction of sp³-hybridized carbons (Fsp3) is 0.429. The molecule has 0 aliphatic rings. The van der Waals surface area contributed by atoms with Gasteiger partial charge >= 0.3 is 0 Å². The molecule has 2 aromatic heterocycles. The van der Waals surface area contributed by atoms with E-state index in [0.29, 0.717) is 17.6 Å². The number of tetrazole rings is 1. The zero-order chi connectivity index (χ0) is 20.8. The Labute approximate surface area is 175 Å². The fourth-order valence-electron chi connectivity index (χ4n) is 3.02. The molecule has 1 aromatic carbocycles. The quantitative estimate of drug-likeness (QED) is 0.533. The number of aromatic nitrogens is 4. The van der Waals surface area contributed by atoms with Gasteiger partial charge in [0, 0.05) is 0 Å². The summed E-state index contributed by atoms with van der Waals surface area (Å²) >= 11 is 1.31. The molecule has 1 N–H and O–H groups in total. The van der Waals surface area contributed by atoms with Crippen molar-refractivity contribution in [2.24, 2.45) is 5.92 Å². The van der Waals surface area contributed by atoms with Crippen molar-refractivity contribution in [3.8, 4) is 0 Å². The topological polar surface area (TPSA) is 85.8 Å². The maximum atomic E-state index is 12.6. The van der Waals surface area contributed by atoms with E-state index in [9.17, 15) is 4.79 Å². The molecule has 0 bridgehead atoms. The molecule has 0 radical (unpaired) electrons. The van der Waals surface area contributed by atoms with Crippen LogP contribution >= 0.6 is 11.8 Å². The van der Waals surface area contributed by atoms with Crippen LogP contribution in [0.2, 0.25) is 0 Å². The Balaban J connectivity index is 1.59. The summed E-state index contributed by atoms with van der Waals surface area (Å²) in [5.41, 5.74) is 2.41. The number of furan rings is 1. The third-order valence-corrected chi connectivity index (χ3v) is 5.62. The molecule has 3 aromatic rings. The lowest BCUT2D eigenvalue weighted by molar-refractivity contribution is -0.119. The summed E-state index contributed by atoms with van der Waals surface area (Å²) in [6.45, 7) is 9.00. The van der Waals surface area contributed by atoms with Crippen LogP contribution in [-0.2, 0) is 11.3 Å². The van der Waals surface area contributed by atoms with Crippen molar-refractivity contribution in [2.75, 3.05) is 5.75 Å². The van der Waals surface area contributed by atoms with Gasteiger partial charge in [0.25, 0.3) is 0 Å². The van der Waals surface area contributed by atoms with Gasteiger partial charge in [0.15, 0.2) is 0 Å². The number of thioether (sulfide) groups is 1. The molecule has 0 spiro atoms. The summed E-state index contributed by atoms with van der Waals surface area (Å²) in [7, 11) is 0. The second-order valence-electron chi connectivity index (χ2n) is 7.60. The van der Waals surface area contributed by atoms with Gasteiger partial charge in [0.1, 0.15) is 12.3 Å². The zero-order valence-corrected chi connectivity index (χ0v) is 18.0. The highest BCUT2D eigenvalue weighted by atomic mass is 32.2. The van der Waals surface area contributed by atoms with E-state index in [1.54, 1.807) is 10.9 Å². The average Bonchev–Trinajstić information content (AvgIpc) is 3.37. The number of hydrogen-bond acceptors (Lipinski definition) is 6. The largest absolute Gasteiger partial charge is 0.467 e. The summed E-state index contributed by atoms with van der Waals surface area (Å²) in [6.07, 6.45) is 1.61. The van der Waals surface area contributed by atoms with E-state index < -0.39 is 0 Å². The number of carbonyl (C=O) groups excluding carboxylic acids is 1. The highest BCUT2D eigenvalue weighted by Gasteiger charge is 2.19. The van der Waals surface area contributed by atoms with Crippen LogP contribution in [0.15, 0.2) is 52.2 Å². The van der Waals surface area contributed by atoms with Gasteiger partial charge in [-0.2, -0.15) is 0 Å². The second kappa shape index (κ2) is 9.73. The molecule has 0 aliphatic heterocycles. The first kappa shape index (κ1) is 21.1. The van der Waals surface area contributed by atoms with Crippen LogP contribution in [0.1, 0.15) is 56.5 Å². The van der Waals surface area contributed by atoms with Crippen LogP contribution in [0.3, 0.4) is 0 Å². The number of nitrogens with zero attached hydrogens (tertiary/aromatic N) is 4. The van der Waals surface area contributed by atoms with Gasteiger partial charge in [0.05, 0.1) is 18.1 Å². The van der Waals surface area contributed by atoms with E-state index in [2.05, 4.69) is 72.8 Å². The monoisotopic (exact) mass is 413 g/mol. The second-order valence-corrected chi connectivity index (χ2v) is 8.54. The van der Waals surface area contributed by atoms with Crippen LogP contribution in [-0.4, -0.2) is 31.9 Å². The van der Waals surface area contributed by atoms with Crippen molar-refractivity contribution in [1.82, 2.24) is 25.5 Å². The summed E-state index contributed by atoms with van der Waals surface area (Å²) in [5, 5.41) is 15.4. The van der Waals surface area contributed by atoms with Crippen LogP contribution in [0.5, 0.6) is 0 Å². The molecule has 1 unspecified atom stereocenters. The highest BCUT2D eigenvalue weighted by molar-refractivity contribution is 7.99. The molecule has 154 valence electrons. The number of hydrogen-bond donors (Lipinski definition) is 1. The van der Waals surface area contributed by atoms with Crippen LogP contribution in [0.25, 0.3) is 0 Å².